The van der Waals surface area contributed by atoms with Crippen LogP contribution >= 0.6 is 0 Å². The van der Waals surface area contributed by atoms with E-state index < -0.39 is 6.10 Å². The van der Waals surface area contributed by atoms with Crippen LogP contribution < -0.4 is 10.1 Å². The quantitative estimate of drug-likeness (QED) is 0.815. The number of nitrogens with one attached hydrogen (secondary N) is 1. The van der Waals surface area contributed by atoms with Crippen LogP contribution in [0, 0.1) is 5.82 Å². The third-order valence-electron chi connectivity index (χ3n) is 3.25. The van der Waals surface area contributed by atoms with E-state index >= 15 is 0 Å². The Bertz CT molecular complexity index is 349. The summed E-state index contributed by atoms with van der Waals surface area (Å²) >= 11 is 0. The zero-order valence-electron chi connectivity index (χ0n) is 10.4. The predicted molar refractivity (Wildman–Crippen MR) is 68.2 cm³/mol. The molecule has 1 saturated carbocycles. The van der Waals surface area contributed by atoms with Crippen LogP contribution in [0.3, 0.4) is 0 Å². The highest BCUT2D eigenvalue weighted by Gasteiger charge is 2.15. The van der Waals surface area contributed by atoms with Crippen molar-refractivity contribution in [3.05, 3.63) is 30.1 Å². The summed E-state index contributed by atoms with van der Waals surface area (Å²) in [5.41, 5.74) is 0. The smallest absolute Gasteiger partial charge is 0.123 e. The molecular formula is C14H20FNO2. The van der Waals surface area contributed by atoms with Crippen molar-refractivity contribution < 1.29 is 14.2 Å². The van der Waals surface area contributed by atoms with E-state index in [1.165, 1.54) is 37.8 Å². The number of hydrogen-bond acceptors (Lipinski definition) is 3. The van der Waals surface area contributed by atoms with Gasteiger partial charge in [-0.1, -0.05) is 12.8 Å². The molecule has 1 fully saturated rings. The Balaban J connectivity index is 1.64. The van der Waals surface area contributed by atoms with E-state index in [0.29, 0.717) is 18.3 Å². The zero-order valence-corrected chi connectivity index (χ0v) is 10.4. The first-order valence-corrected chi connectivity index (χ1v) is 6.54. The van der Waals surface area contributed by atoms with Gasteiger partial charge in [-0.2, -0.15) is 0 Å². The van der Waals surface area contributed by atoms with Crippen molar-refractivity contribution in [3.8, 4) is 5.75 Å². The molecule has 100 valence electrons. The molecule has 0 aromatic heterocycles. The van der Waals surface area contributed by atoms with E-state index in [-0.39, 0.29) is 12.4 Å². The van der Waals surface area contributed by atoms with Gasteiger partial charge in [0.25, 0.3) is 0 Å². The molecule has 1 aromatic rings. The van der Waals surface area contributed by atoms with Crippen LogP contribution in [-0.2, 0) is 0 Å². The van der Waals surface area contributed by atoms with Crippen LogP contribution in [0.5, 0.6) is 5.75 Å². The van der Waals surface area contributed by atoms with E-state index in [2.05, 4.69) is 5.32 Å². The summed E-state index contributed by atoms with van der Waals surface area (Å²) in [4.78, 5) is 0. The summed E-state index contributed by atoms with van der Waals surface area (Å²) in [6, 6.07) is 6.36. The van der Waals surface area contributed by atoms with Gasteiger partial charge in [-0.25, -0.2) is 4.39 Å². The second-order valence-electron chi connectivity index (χ2n) is 4.81. The predicted octanol–water partition coefficient (Wildman–Crippen LogP) is 2.10. The van der Waals surface area contributed by atoms with Crippen LogP contribution in [0.2, 0.25) is 0 Å². The van der Waals surface area contributed by atoms with Gasteiger partial charge in [0.05, 0.1) is 0 Å². The molecule has 0 spiro atoms. The molecule has 0 unspecified atom stereocenters. The number of hydrogen-bond donors (Lipinski definition) is 2. The van der Waals surface area contributed by atoms with Gasteiger partial charge < -0.3 is 15.2 Å². The number of benzene rings is 1. The molecular weight excluding hydrogens is 233 g/mol. The van der Waals surface area contributed by atoms with Gasteiger partial charge in [0, 0.05) is 12.6 Å². The molecule has 0 amide bonds. The highest BCUT2D eigenvalue weighted by molar-refractivity contribution is 5.22. The molecule has 0 heterocycles. The first kappa shape index (κ1) is 13.3. The lowest BCUT2D eigenvalue weighted by Gasteiger charge is -2.16. The number of rotatable bonds is 6. The molecule has 1 aliphatic carbocycles. The fourth-order valence-corrected chi connectivity index (χ4v) is 2.21. The molecule has 0 bridgehead atoms. The number of ether oxygens (including phenoxy) is 1. The number of aliphatic hydroxyl groups excluding tert-OH is 1. The van der Waals surface area contributed by atoms with E-state index in [9.17, 15) is 9.50 Å². The average molecular weight is 253 g/mol. The lowest BCUT2D eigenvalue weighted by atomic mass is 10.2. The van der Waals surface area contributed by atoms with Crippen molar-refractivity contribution in [2.24, 2.45) is 0 Å². The highest BCUT2D eigenvalue weighted by atomic mass is 19.1. The molecule has 4 heteroatoms. The molecule has 0 aliphatic heterocycles. The fraction of sp³-hybridized carbons (Fsp3) is 0.571. The lowest BCUT2D eigenvalue weighted by molar-refractivity contribution is 0.104. The number of aliphatic hydroxyl groups is 1. The summed E-state index contributed by atoms with van der Waals surface area (Å²) in [5, 5.41) is 13.1. The highest BCUT2D eigenvalue weighted by Crippen LogP contribution is 2.17. The number of halogens is 1. The zero-order chi connectivity index (χ0) is 12.8. The van der Waals surface area contributed by atoms with Gasteiger partial charge in [-0.3, -0.25) is 0 Å². The molecule has 1 atom stereocenters. The van der Waals surface area contributed by atoms with Crippen molar-refractivity contribution in [1.82, 2.24) is 5.32 Å². The molecule has 3 nitrogen and oxygen atoms in total. The summed E-state index contributed by atoms with van der Waals surface area (Å²) < 4.78 is 18.0. The van der Waals surface area contributed by atoms with Gasteiger partial charge in [0.2, 0.25) is 0 Å². The third kappa shape index (κ3) is 4.27. The van der Waals surface area contributed by atoms with Crippen LogP contribution in [-0.4, -0.2) is 30.4 Å². The van der Waals surface area contributed by atoms with Gasteiger partial charge in [0.15, 0.2) is 0 Å². The van der Waals surface area contributed by atoms with Crippen molar-refractivity contribution >= 4 is 0 Å². The summed E-state index contributed by atoms with van der Waals surface area (Å²) in [5.74, 6) is 0.294. The van der Waals surface area contributed by atoms with Crippen LogP contribution in [0.25, 0.3) is 0 Å². The van der Waals surface area contributed by atoms with E-state index in [4.69, 9.17) is 4.74 Å². The lowest BCUT2D eigenvalue weighted by Crippen LogP contribution is -2.36. The monoisotopic (exact) mass is 253 g/mol. The molecule has 1 aliphatic rings. The van der Waals surface area contributed by atoms with Crippen LogP contribution in [0.4, 0.5) is 4.39 Å². The Morgan fingerprint density at radius 3 is 2.61 bits per heavy atom. The van der Waals surface area contributed by atoms with E-state index in [1.807, 2.05) is 0 Å². The molecule has 0 saturated heterocycles. The fourth-order valence-electron chi connectivity index (χ4n) is 2.21. The Hall–Kier alpha value is -1.13. The first-order valence-electron chi connectivity index (χ1n) is 6.54. The second kappa shape index (κ2) is 6.71. The minimum Gasteiger partial charge on any atom is -0.491 e. The maximum atomic E-state index is 12.7. The first-order chi connectivity index (χ1) is 8.74. The molecule has 0 radical (unpaired) electrons. The Labute approximate surface area is 107 Å². The Morgan fingerprint density at radius 2 is 1.94 bits per heavy atom. The maximum absolute atomic E-state index is 12.7. The minimum atomic E-state index is -0.532. The summed E-state index contributed by atoms with van der Waals surface area (Å²) in [6.45, 7) is 0.775. The Morgan fingerprint density at radius 1 is 1.28 bits per heavy atom. The van der Waals surface area contributed by atoms with Crippen LogP contribution in [0.1, 0.15) is 25.7 Å². The molecule has 2 rings (SSSR count). The van der Waals surface area contributed by atoms with E-state index in [0.717, 1.165) is 0 Å². The Kier molecular flexibility index (Phi) is 4.96. The topological polar surface area (TPSA) is 41.5 Å². The van der Waals surface area contributed by atoms with Crippen molar-refractivity contribution in [2.75, 3.05) is 13.2 Å². The summed E-state index contributed by atoms with van der Waals surface area (Å²) in [7, 11) is 0. The average Bonchev–Trinajstić information content (AvgIpc) is 2.89. The normalized spacial score (nSPS) is 17.9. The van der Waals surface area contributed by atoms with Crippen LogP contribution in [0.15, 0.2) is 24.3 Å². The molecule has 2 N–H and O–H groups in total. The SMILES string of the molecule is O[C@@H](CNC1CCCC1)COc1ccc(F)cc1. The van der Waals surface area contributed by atoms with Gasteiger partial charge in [0.1, 0.15) is 24.3 Å². The van der Waals surface area contributed by atoms with Crippen molar-refractivity contribution in [3.63, 3.8) is 0 Å². The molecule has 18 heavy (non-hydrogen) atoms. The maximum Gasteiger partial charge on any atom is 0.123 e. The second-order valence-corrected chi connectivity index (χ2v) is 4.81. The van der Waals surface area contributed by atoms with Crippen molar-refractivity contribution in [2.45, 2.75) is 37.8 Å². The molecule has 1 aromatic carbocycles. The van der Waals surface area contributed by atoms with Crippen molar-refractivity contribution in [1.29, 1.82) is 0 Å². The van der Waals surface area contributed by atoms with Gasteiger partial charge >= 0.3 is 0 Å². The summed E-state index contributed by atoms with van der Waals surface area (Å²) in [6.07, 6.45) is 4.42. The van der Waals surface area contributed by atoms with Gasteiger partial charge in [-0.05, 0) is 37.1 Å². The van der Waals surface area contributed by atoms with Gasteiger partial charge in [-0.15, -0.1) is 0 Å². The largest absolute Gasteiger partial charge is 0.491 e. The van der Waals surface area contributed by atoms with E-state index in [1.54, 1.807) is 12.1 Å². The third-order valence-corrected chi connectivity index (χ3v) is 3.25. The minimum absolute atomic E-state index is 0.228. The standard InChI is InChI=1S/C14H20FNO2/c15-11-5-7-14(8-6-11)18-10-13(17)9-16-12-3-1-2-4-12/h5-8,12-13,16-17H,1-4,9-10H2/t13-/m0/s1.